The van der Waals surface area contributed by atoms with E-state index >= 15 is 0 Å². The fourth-order valence-corrected chi connectivity index (χ4v) is 3.72. The number of methoxy groups -OCH3 is 1. The van der Waals surface area contributed by atoms with Crippen LogP contribution in [0.1, 0.15) is 31.7 Å². The summed E-state index contributed by atoms with van der Waals surface area (Å²) in [6.45, 7) is 2.63. The molecule has 3 aromatic heterocycles. The monoisotopic (exact) mass is 437 g/mol. The molecule has 0 spiro atoms. The van der Waals surface area contributed by atoms with E-state index in [4.69, 9.17) is 10.5 Å². The third-order valence-electron chi connectivity index (χ3n) is 5.32. The molecule has 11 heteroatoms. The van der Waals surface area contributed by atoms with Crippen molar-refractivity contribution < 1.29 is 9.84 Å². The van der Waals surface area contributed by atoms with Gasteiger partial charge in [0.25, 0.3) is 0 Å². The van der Waals surface area contributed by atoms with Gasteiger partial charge in [0.05, 0.1) is 31.8 Å². The molecule has 0 saturated heterocycles. The summed E-state index contributed by atoms with van der Waals surface area (Å²) in [5.74, 6) is 2.02. The summed E-state index contributed by atoms with van der Waals surface area (Å²) in [6.07, 6.45) is 4.82. The van der Waals surface area contributed by atoms with E-state index in [1.54, 1.807) is 7.11 Å². The molecule has 5 N–H and O–H groups in total. The van der Waals surface area contributed by atoms with Gasteiger partial charge < -0.3 is 25.5 Å². The Morgan fingerprint density at radius 3 is 2.88 bits per heavy atom. The molecule has 32 heavy (non-hydrogen) atoms. The smallest absolute Gasteiger partial charge is 0.222 e. The lowest BCUT2D eigenvalue weighted by molar-refractivity contribution is 0.267. The fraction of sp³-hybridized carbons (Fsp3) is 0.381. The molecule has 4 rings (SSSR count). The van der Waals surface area contributed by atoms with Crippen molar-refractivity contribution in [3.8, 4) is 17.1 Å². The van der Waals surface area contributed by atoms with Crippen LogP contribution < -0.4 is 15.8 Å². The van der Waals surface area contributed by atoms with E-state index in [1.165, 1.54) is 0 Å². The Balaban J connectivity index is 1.72. The van der Waals surface area contributed by atoms with Crippen molar-refractivity contribution >= 4 is 22.8 Å². The number of aromatic nitrogens is 7. The van der Waals surface area contributed by atoms with E-state index in [9.17, 15) is 5.11 Å². The highest BCUT2D eigenvalue weighted by Crippen LogP contribution is 2.29. The summed E-state index contributed by atoms with van der Waals surface area (Å²) in [4.78, 5) is 8.81. The molecule has 0 radical (unpaired) electrons. The van der Waals surface area contributed by atoms with Gasteiger partial charge in [0.2, 0.25) is 11.8 Å². The first-order valence-electron chi connectivity index (χ1n) is 10.5. The average Bonchev–Trinajstić information content (AvgIpc) is 3.47. The number of nitrogens with zero attached hydrogens (tertiary/aromatic N) is 6. The summed E-state index contributed by atoms with van der Waals surface area (Å²) in [5, 5.41) is 27.4. The minimum Gasteiger partial charge on any atom is -0.496 e. The minimum absolute atomic E-state index is 0.00662. The van der Waals surface area contributed by atoms with Crippen molar-refractivity contribution in [1.82, 2.24) is 35.2 Å². The maximum Gasteiger partial charge on any atom is 0.222 e. The van der Waals surface area contributed by atoms with Crippen LogP contribution >= 0.6 is 0 Å². The Morgan fingerprint density at radius 2 is 2.16 bits per heavy atom. The van der Waals surface area contributed by atoms with Crippen molar-refractivity contribution in [3.63, 3.8) is 0 Å². The van der Waals surface area contributed by atoms with Crippen LogP contribution in [0.5, 0.6) is 5.75 Å². The molecular formula is C21H27N9O2. The largest absolute Gasteiger partial charge is 0.496 e. The van der Waals surface area contributed by atoms with E-state index in [1.807, 2.05) is 35.0 Å². The van der Waals surface area contributed by atoms with Gasteiger partial charge in [-0.05, 0) is 35.9 Å². The van der Waals surface area contributed by atoms with Crippen molar-refractivity contribution in [2.45, 2.75) is 38.8 Å². The van der Waals surface area contributed by atoms with Crippen LogP contribution in [-0.2, 0) is 6.54 Å². The number of nitrogens with two attached hydrogens (primary N) is 1. The number of anilines is 2. The fourth-order valence-electron chi connectivity index (χ4n) is 3.72. The molecule has 0 fully saturated rings. The van der Waals surface area contributed by atoms with E-state index < -0.39 is 0 Å². The third kappa shape index (κ3) is 4.47. The highest BCUT2D eigenvalue weighted by Gasteiger charge is 2.17. The number of ether oxygens (including phenoxy) is 1. The number of tetrazole rings is 1. The van der Waals surface area contributed by atoms with Crippen LogP contribution in [0, 0.1) is 0 Å². The molecule has 0 aliphatic carbocycles. The second-order valence-corrected chi connectivity index (χ2v) is 7.54. The molecule has 168 valence electrons. The Labute approximate surface area is 185 Å². The second kappa shape index (κ2) is 9.60. The van der Waals surface area contributed by atoms with Gasteiger partial charge in [-0.3, -0.25) is 0 Å². The minimum atomic E-state index is -0.119. The first-order valence-corrected chi connectivity index (χ1v) is 10.5. The van der Waals surface area contributed by atoms with Crippen LogP contribution in [0.15, 0.2) is 30.5 Å². The van der Waals surface area contributed by atoms with E-state index in [0.717, 1.165) is 47.2 Å². The van der Waals surface area contributed by atoms with Crippen LogP contribution in [-0.4, -0.2) is 60.0 Å². The van der Waals surface area contributed by atoms with Crippen molar-refractivity contribution in [2.75, 3.05) is 24.8 Å². The van der Waals surface area contributed by atoms with Crippen molar-refractivity contribution in [1.29, 1.82) is 0 Å². The maximum absolute atomic E-state index is 9.82. The zero-order valence-corrected chi connectivity index (χ0v) is 18.1. The number of nitrogen functional groups attached to an aromatic ring is 1. The van der Waals surface area contributed by atoms with Gasteiger partial charge in [0.15, 0.2) is 5.82 Å². The molecule has 0 bridgehead atoms. The lowest BCUT2D eigenvalue weighted by Gasteiger charge is -2.19. The number of fused-ring (bicyclic) bond motifs is 1. The summed E-state index contributed by atoms with van der Waals surface area (Å²) < 4.78 is 7.61. The molecule has 0 saturated carbocycles. The molecule has 0 aliphatic heterocycles. The van der Waals surface area contributed by atoms with Crippen LogP contribution in [0.3, 0.4) is 0 Å². The van der Waals surface area contributed by atoms with Crippen molar-refractivity contribution in [3.05, 3.63) is 36.0 Å². The van der Waals surface area contributed by atoms with Crippen LogP contribution in [0.25, 0.3) is 22.4 Å². The molecule has 1 atom stereocenters. The number of benzene rings is 1. The number of aliphatic hydroxyl groups excluding tert-OH is 1. The SMILES string of the molecule is CCCC[C@@H](CO)Nc1nc(N)nc2ccn(Cc3cc(-c4nn[nH]n4)ccc3OC)c12. The quantitative estimate of drug-likeness (QED) is 0.292. The molecule has 3 heterocycles. The molecule has 0 unspecified atom stereocenters. The highest BCUT2D eigenvalue weighted by atomic mass is 16.5. The maximum atomic E-state index is 9.82. The average molecular weight is 438 g/mol. The number of nitrogens with one attached hydrogen (secondary N) is 2. The third-order valence-corrected chi connectivity index (χ3v) is 5.32. The van der Waals surface area contributed by atoms with Gasteiger partial charge in [0.1, 0.15) is 11.3 Å². The topological polar surface area (TPSA) is 153 Å². The lowest BCUT2D eigenvalue weighted by Crippen LogP contribution is -2.25. The number of unbranched alkanes of at least 4 members (excludes halogenated alkanes) is 1. The van der Waals surface area contributed by atoms with Gasteiger partial charge in [-0.15, -0.1) is 10.2 Å². The van der Waals surface area contributed by atoms with Gasteiger partial charge in [-0.25, -0.2) is 4.98 Å². The number of aromatic amines is 1. The highest BCUT2D eigenvalue weighted by molar-refractivity contribution is 5.87. The summed E-state index contributed by atoms with van der Waals surface area (Å²) in [7, 11) is 1.64. The summed E-state index contributed by atoms with van der Waals surface area (Å²) in [5.41, 5.74) is 9.23. The van der Waals surface area contributed by atoms with Crippen molar-refractivity contribution in [2.24, 2.45) is 0 Å². The Hall–Kier alpha value is -3.73. The Bertz CT molecular complexity index is 1170. The van der Waals surface area contributed by atoms with Gasteiger partial charge in [0, 0.05) is 17.3 Å². The number of hydrogen-bond donors (Lipinski definition) is 4. The number of rotatable bonds is 10. The second-order valence-electron chi connectivity index (χ2n) is 7.54. The number of hydrogen-bond acceptors (Lipinski definition) is 9. The first-order chi connectivity index (χ1) is 15.6. The Kier molecular flexibility index (Phi) is 6.45. The molecule has 0 aliphatic rings. The lowest BCUT2D eigenvalue weighted by atomic mass is 10.1. The van der Waals surface area contributed by atoms with Crippen LogP contribution in [0.4, 0.5) is 11.8 Å². The molecule has 11 nitrogen and oxygen atoms in total. The van der Waals surface area contributed by atoms with Gasteiger partial charge in [-0.1, -0.05) is 19.8 Å². The zero-order valence-electron chi connectivity index (χ0n) is 18.1. The number of aliphatic hydroxyl groups is 1. The van der Waals surface area contributed by atoms with Gasteiger partial charge >= 0.3 is 0 Å². The van der Waals surface area contributed by atoms with Gasteiger partial charge in [-0.2, -0.15) is 10.2 Å². The molecule has 4 aromatic rings. The predicted molar refractivity (Wildman–Crippen MR) is 121 cm³/mol. The summed E-state index contributed by atoms with van der Waals surface area (Å²) in [6, 6.07) is 7.52. The Morgan fingerprint density at radius 1 is 1.28 bits per heavy atom. The number of H-pyrrole nitrogens is 1. The molecule has 1 aromatic carbocycles. The zero-order chi connectivity index (χ0) is 22.5. The first kappa shape index (κ1) is 21.5. The van der Waals surface area contributed by atoms with E-state index in [0.29, 0.717) is 18.2 Å². The van der Waals surface area contributed by atoms with E-state index in [-0.39, 0.29) is 18.6 Å². The van der Waals surface area contributed by atoms with Crippen LogP contribution in [0.2, 0.25) is 0 Å². The van der Waals surface area contributed by atoms with E-state index in [2.05, 4.69) is 42.8 Å². The predicted octanol–water partition coefficient (Wildman–Crippen LogP) is 2.21. The summed E-state index contributed by atoms with van der Waals surface area (Å²) >= 11 is 0. The normalized spacial score (nSPS) is 12.2. The molecular weight excluding hydrogens is 410 g/mol. The standard InChI is InChI=1S/C21H27N9O2/c1-3-4-5-15(12-31)23-20-18-16(24-21(22)25-20)8-9-30(18)11-14-10-13(6-7-17(14)32-2)19-26-28-29-27-19/h6-10,15,31H,3-5,11-12H2,1-2H3,(H3,22,23,24,25)(H,26,27,28,29)/t15-/m0/s1. The molecule has 0 amide bonds.